The van der Waals surface area contributed by atoms with Gasteiger partial charge in [0.25, 0.3) is 0 Å². The van der Waals surface area contributed by atoms with Crippen LogP contribution in [0, 0.1) is 56.7 Å². The van der Waals surface area contributed by atoms with Crippen molar-refractivity contribution in [3.8, 4) is 6.07 Å². The van der Waals surface area contributed by atoms with Crippen molar-refractivity contribution in [3.63, 3.8) is 0 Å². The molecule has 1 N–H and O–H groups in total. The first-order valence-electron chi connectivity index (χ1n) is 13.4. The van der Waals surface area contributed by atoms with Gasteiger partial charge >= 0.3 is 0 Å². The lowest BCUT2D eigenvalue weighted by Gasteiger charge is -2.68. The van der Waals surface area contributed by atoms with Gasteiger partial charge in [-0.3, -0.25) is 14.4 Å². The molecule has 5 heteroatoms. The minimum atomic E-state index is -0.476. The van der Waals surface area contributed by atoms with Gasteiger partial charge in [-0.1, -0.05) is 53.2 Å². The molecule has 0 spiro atoms. The molecule has 3 fully saturated rings. The summed E-state index contributed by atoms with van der Waals surface area (Å²) in [5.74, 6) is -0.0257. The average molecular weight is 477 g/mol. The van der Waals surface area contributed by atoms with Crippen LogP contribution in [0.5, 0.6) is 0 Å². The molecular formula is C30H40N2O3. The molecule has 0 heterocycles. The van der Waals surface area contributed by atoms with Gasteiger partial charge < -0.3 is 5.32 Å². The molecule has 8 atom stereocenters. The van der Waals surface area contributed by atoms with E-state index in [1.165, 1.54) is 0 Å². The summed E-state index contributed by atoms with van der Waals surface area (Å²) >= 11 is 0. The van der Waals surface area contributed by atoms with Crippen LogP contribution in [-0.4, -0.2) is 23.5 Å². The molecule has 1 amide bonds. The number of nitrogens with one attached hydrogen (secondary N) is 1. The number of carbonyl (C=O) groups excluding carboxylic acids is 3. The van der Waals surface area contributed by atoms with E-state index in [4.69, 9.17) is 0 Å². The van der Waals surface area contributed by atoms with E-state index in [0.717, 1.165) is 56.9 Å². The van der Waals surface area contributed by atoms with E-state index < -0.39 is 5.41 Å². The summed E-state index contributed by atoms with van der Waals surface area (Å²) in [5, 5.41) is 13.0. The quantitative estimate of drug-likeness (QED) is 0.547. The zero-order chi connectivity index (χ0) is 25.6. The number of hydrogen-bond donors (Lipinski definition) is 1. The first kappa shape index (κ1) is 24.5. The SMILES string of the molecule is CC1C(=O)C(C#N)=CC2(C)C3=CC(=O)C4C5CC(C)(C)CCC5(NC=O)CCC4(C)C3(C)CCC12. The minimum Gasteiger partial charge on any atom is -0.353 e. The maximum Gasteiger partial charge on any atom is 0.207 e. The Morgan fingerprint density at radius 1 is 1.03 bits per heavy atom. The van der Waals surface area contributed by atoms with Crippen LogP contribution in [0.3, 0.4) is 0 Å². The second-order valence-electron chi connectivity index (χ2n) is 13.8. The lowest BCUT2D eigenvalue weighted by atomic mass is 9.36. The van der Waals surface area contributed by atoms with Crippen LogP contribution in [0.25, 0.3) is 0 Å². The van der Waals surface area contributed by atoms with Crippen LogP contribution in [0.15, 0.2) is 23.3 Å². The van der Waals surface area contributed by atoms with Crippen molar-refractivity contribution in [3.05, 3.63) is 23.3 Å². The van der Waals surface area contributed by atoms with Gasteiger partial charge in [0.1, 0.15) is 6.07 Å². The third-order valence-corrected chi connectivity index (χ3v) is 11.9. The molecule has 188 valence electrons. The highest BCUT2D eigenvalue weighted by molar-refractivity contribution is 6.02. The normalized spacial score (nSPS) is 48.1. The third-order valence-electron chi connectivity index (χ3n) is 11.9. The van der Waals surface area contributed by atoms with Crippen LogP contribution >= 0.6 is 0 Å². The van der Waals surface area contributed by atoms with Gasteiger partial charge in [0.05, 0.1) is 5.57 Å². The largest absolute Gasteiger partial charge is 0.353 e. The number of allylic oxidation sites excluding steroid dienone is 4. The van der Waals surface area contributed by atoms with Crippen LogP contribution < -0.4 is 5.32 Å². The summed E-state index contributed by atoms with van der Waals surface area (Å²) in [5.41, 5.74) is 0.282. The predicted molar refractivity (Wildman–Crippen MR) is 134 cm³/mol. The molecule has 0 bridgehead atoms. The van der Waals surface area contributed by atoms with Crippen molar-refractivity contribution in [2.24, 2.45) is 45.3 Å². The summed E-state index contributed by atoms with van der Waals surface area (Å²) < 4.78 is 0. The molecule has 8 unspecified atom stereocenters. The van der Waals surface area contributed by atoms with E-state index >= 15 is 0 Å². The first-order valence-corrected chi connectivity index (χ1v) is 13.4. The topological polar surface area (TPSA) is 87.0 Å². The summed E-state index contributed by atoms with van der Waals surface area (Å²) in [6.45, 7) is 13.4. The van der Waals surface area contributed by atoms with Gasteiger partial charge in [0.15, 0.2) is 11.6 Å². The average Bonchev–Trinajstić information content (AvgIpc) is 2.79. The van der Waals surface area contributed by atoms with Gasteiger partial charge in [-0.2, -0.15) is 5.26 Å². The predicted octanol–water partition coefficient (Wildman–Crippen LogP) is 5.31. The molecule has 0 radical (unpaired) electrons. The van der Waals surface area contributed by atoms with E-state index in [1.54, 1.807) is 0 Å². The standard InChI is InChI=1S/C30H40N2O3/c1-18-20-7-8-28(5)23(27(20,4)14-19(16-31)25(18)35)13-22(34)24-21-15-26(2,3)9-11-30(21,32-17-33)12-10-29(24,28)6/h13-14,17-18,20-21,24H,7-12,15H2,1-6H3,(H,32,33). The molecular weight excluding hydrogens is 436 g/mol. The van der Waals surface area contributed by atoms with E-state index in [-0.39, 0.29) is 62.6 Å². The number of fused-ring (bicyclic) bond motifs is 7. The van der Waals surface area contributed by atoms with Crippen molar-refractivity contribution < 1.29 is 14.4 Å². The molecule has 5 aliphatic rings. The summed E-state index contributed by atoms with van der Waals surface area (Å²) in [7, 11) is 0. The Morgan fingerprint density at radius 2 is 1.71 bits per heavy atom. The molecule has 0 aromatic rings. The Bertz CT molecular complexity index is 1110. The van der Waals surface area contributed by atoms with Crippen molar-refractivity contribution in [2.75, 3.05) is 0 Å². The Kier molecular flexibility index (Phi) is 5.18. The third kappa shape index (κ3) is 3.01. The first-order chi connectivity index (χ1) is 16.3. The van der Waals surface area contributed by atoms with Gasteiger partial charge in [-0.25, -0.2) is 0 Å². The number of nitrogens with zero attached hydrogens (tertiary/aromatic N) is 1. The van der Waals surface area contributed by atoms with Crippen LogP contribution in [0.4, 0.5) is 0 Å². The molecule has 5 aliphatic carbocycles. The Balaban J connectivity index is 1.68. The van der Waals surface area contributed by atoms with Crippen molar-refractivity contribution in [2.45, 2.75) is 92.0 Å². The second kappa shape index (κ2) is 7.40. The number of rotatable bonds is 2. The molecule has 35 heavy (non-hydrogen) atoms. The van der Waals surface area contributed by atoms with Crippen molar-refractivity contribution >= 4 is 18.0 Å². The van der Waals surface area contributed by atoms with Crippen molar-refractivity contribution in [1.29, 1.82) is 5.26 Å². The Labute approximate surface area is 209 Å². The van der Waals surface area contributed by atoms with Gasteiger partial charge in [-0.05, 0) is 79.1 Å². The second-order valence-corrected chi connectivity index (χ2v) is 13.8. The van der Waals surface area contributed by atoms with Crippen molar-refractivity contribution in [1.82, 2.24) is 5.32 Å². The highest BCUT2D eigenvalue weighted by Gasteiger charge is 2.69. The van der Waals surface area contributed by atoms with Gasteiger partial charge in [0, 0.05) is 22.8 Å². The van der Waals surface area contributed by atoms with Gasteiger partial charge in [-0.15, -0.1) is 0 Å². The minimum absolute atomic E-state index is 0.0581. The van der Waals surface area contributed by atoms with E-state index in [9.17, 15) is 19.6 Å². The van der Waals surface area contributed by atoms with Crippen LogP contribution in [0.1, 0.15) is 86.5 Å². The molecule has 3 saturated carbocycles. The number of amides is 1. The molecule has 0 saturated heterocycles. The number of ketones is 2. The lowest BCUT2D eigenvalue weighted by Crippen LogP contribution is -2.68. The fourth-order valence-electron chi connectivity index (χ4n) is 9.62. The van der Waals surface area contributed by atoms with Crippen LogP contribution in [0.2, 0.25) is 0 Å². The number of Topliss-reactive ketones (excluding diaryl/α,β-unsaturated/α-hetero) is 1. The highest BCUT2D eigenvalue weighted by Crippen LogP contribution is 2.72. The monoisotopic (exact) mass is 476 g/mol. The molecule has 0 aromatic heterocycles. The number of carbonyl (C=O) groups is 3. The van der Waals surface area contributed by atoms with E-state index in [2.05, 4.69) is 46.0 Å². The Morgan fingerprint density at radius 3 is 2.37 bits per heavy atom. The fourth-order valence-corrected chi connectivity index (χ4v) is 9.62. The molecule has 5 rings (SSSR count). The maximum absolute atomic E-state index is 14.2. The summed E-state index contributed by atoms with van der Waals surface area (Å²) in [4.78, 5) is 38.8. The van der Waals surface area contributed by atoms with Gasteiger partial charge in [0.2, 0.25) is 6.41 Å². The maximum atomic E-state index is 14.2. The Hall–Kier alpha value is -2.22. The zero-order valence-corrected chi connectivity index (χ0v) is 22.2. The highest BCUT2D eigenvalue weighted by atomic mass is 16.1. The molecule has 0 aliphatic heterocycles. The lowest BCUT2D eigenvalue weighted by molar-refractivity contribution is -0.160. The molecule has 5 nitrogen and oxygen atoms in total. The fraction of sp³-hybridized carbons (Fsp3) is 0.733. The van der Waals surface area contributed by atoms with E-state index in [1.807, 2.05) is 19.1 Å². The smallest absolute Gasteiger partial charge is 0.207 e. The van der Waals surface area contributed by atoms with E-state index in [0.29, 0.717) is 0 Å². The number of hydrogen-bond acceptors (Lipinski definition) is 4. The summed E-state index contributed by atoms with van der Waals surface area (Å²) in [6, 6.07) is 2.15. The zero-order valence-electron chi connectivity index (χ0n) is 22.2. The molecule has 0 aromatic carbocycles. The van der Waals surface area contributed by atoms with Crippen LogP contribution in [-0.2, 0) is 14.4 Å². The number of nitriles is 1. The summed E-state index contributed by atoms with van der Waals surface area (Å²) in [6.07, 6.45) is 11.2.